The first kappa shape index (κ1) is 18.3. The van der Waals surface area contributed by atoms with Crippen LogP contribution in [-0.2, 0) is 10.2 Å². The number of nitrogens with one attached hydrogen (secondary N) is 2. The van der Waals surface area contributed by atoms with E-state index in [4.69, 9.17) is 4.74 Å². The number of aromatic nitrogens is 2. The standard InChI is InChI=1S/C20H26N4O2/c1-20(2,3)14-6-8-15(9-7-14)24-18-13-21-17(12-22-18)19(25)23-11-16-5-4-10-26-16/h6-9,12-13,16H,4-5,10-11H2,1-3H3,(H,22,24)(H,23,25). The second kappa shape index (κ2) is 7.83. The van der Waals surface area contributed by atoms with Gasteiger partial charge in [-0.1, -0.05) is 32.9 Å². The van der Waals surface area contributed by atoms with Crippen LogP contribution in [0.15, 0.2) is 36.7 Å². The number of hydrogen-bond acceptors (Lipinski definition) is 5. The molecule has 6 heteroatoms. The van der Waals surface area contributed by atoms with Crippen molar-refractivity contribution in [2.45, 2.75) is 45.1 Å². The van der Waals surface area contributed by atoms with Crippen LogP contribution in [0.3, 0.4) is 0 Å². The van der Waals surface area contributed by atoms with Crippen LogP contribution in [0.4, 0.5) is 11.5 Å². The van der Waals surface area contributed by atoms with Crippen LogP contribution in [0.5, 0.6) is 0 Å². The molecule has 1 saturated heterocycles. The van der Waals surface area contributed by atoms with Crippen molar-refractivity contribution in [3.05, 3.63) is 47.9 Å². The second-order valence-corrected chi connectivity index (χ2v) is 7.58. The molecule has 1 fully saturated rings. The molecule has 0 spiro atoms. The van der Waals surface area contributed by atoms with Crippen molar-refractivity contribution < 1.29 is 9.53 Å². The maximum Gasteiger partial charge on any atom is 0.271 e. The average molecular weight is 354 g/mol. The van der Waals surface area contributed by atoms with E-state index in [9.17, 15) is 4.79 Å². The molecular weight excluding hydrogens is 328 g/mol. The monoisotopic (exact) mass is 354 g/mol. The topological polar surface area (TPSA) is 76.1 Å². The van der Waals surface area contributed by atoms with Crippen LogP contribution in [0.25, 0.3) is 0 Å². The highest BCUT2D eigenvalue weighted by Gasteiger charge is 2.17. The van der Waals surface area contributed by atoms with Crippen molar-refractivity contribution in [3.8, 4) is 0 Å². The minimum absolute atomic E-state index is 0.115. The normalized spacial score (nSPS) is 17.1. The van der Waals surface area contributed by atoms with Gasteiger partial charge in [0.15, 0.2) is 0 Å². The molecular formula is C20H26N4O2. The third-order valence-electron chi connectivity index (χ3n) is 4.42. The number of benzene rings is 1. The van der Waals surface area contributed by atoms with Gasteiger partial charge in [-0.2, -0.15) is 0 Å². The Balaban J connectivity index is 1.56. The third-order valence-corrected chi connectivity index (χ3v) is 4.42. The van der Waals surface area contributed by atoms with E-state index in [1.807, 2.05) is 12.1 Å². The van der Waals surface area contributed by atoms with E-state index in [0.717, 1.165) is 25.1 Å². The highest BCUT2D eigenvalue weighted by Crippen LogP contribution is 2.24. The number of carbonyl (C=O) groups excluding carboxylic acids is 1. The van der Waals surface area contributed by atoms with E-state index in [2.05, 4.69) is 53.5 Å². The molecule has 0 aliphatic carbocycles. The first-order chi connectivity index (χ1) is 12.4. The van der Waals surface area contributed by atoms with E-state index in [1.165, 1.54) is 11.8 Å². The summed E-state index contributed by atoms with van der Waals surface area (Å²) >= 11 is 0. The maximum atomic E-state index is 12.1. The zero-order valence-corrected chi connectivity index (χ0v) is 15.6. The largest absolute Gasteiger partial charge is 0.376 e. The molecule has 2 aromatic rings. The van der Waals surface area contributed by atoms with Gasteiger partial charge in [0.25, 0.3) is 5.91 Å². The summed E-state index contributed by atoms with van der Waals surface area (Å²) in [6.07, 6.45) is 5.21. The Morgan fingerprint density at radius 2 is 1.96 bits per heavy atom. The molecule has 1 aromatic heterocycles. The lowest BCUT2D eigenvalue weighted by molar-refractivity contribution is 0.0853. The van der Waals surface area contributed by atoms with Gasteiger partial charge < -0.3 is 15.4 Å². The van der Waals surface area contributed by atoms with Gasteiger partial charge in [0, 0.05) is 18.8 Å². The van der Waals surface area contributed by atoms with Gasteiger partial charge in [0.1, 0.15) is 11.5 Å². The summed E-state index contributed by atoms with van der Waals surface area (Å²) in [5, 5.41) is 6.04. The number of nitrogens with zero attached hydrogens (tertiary/aromatic N) is 2. The van der Waals surface area contributed by atoms with Crippen LogP contribution in [0.1, 0.15) is 49.7 Å². The van der Waals surface area contributed by atoms with Gasteiger partial charge in [0.2, 0.25) is 0 Å². The Kier molecular flexibility index (Phi) is 5.52. The molecule has 1 unspecified atom stereocenters. The summed E-state index contributed by atoms with van der Waals surface area (Å²) in [4.78, 5) is 20.6. The summed E-state index contributed by atoms with van der Waals surface area (Å²) in [6, 6.07) is 8.24. The fraction of sp³-hybridized carbons (Fsp3) is 0.450. The third kappa shape index (κ3) is 4.79. The molecule has 1 aliphatic rings. The number of carbonyl (C=O) groups is 1. The molecule has 0 radical (unpaired) electrons. The van der Waals surface area contributed by atoms with E-state index in [-0.39, 0.29) is 17.4 Å². The van der Waals surface area contributed by atoms with Gasteiger partial charge in [0.05, 0.1) is 18.5 Å². The first-order valence-corrected chi connectivity index (χ1v) is 9.01. The Hall–Kier alpha value is -2.47. The highest BCUT2D eigenvalue weighted by molar-refractivity contribution is 5.92. The zero-order chi connectivity index (χ0) is 18.6. The van der Waals surface area contributed by atoms with Crippen LogP contribution in [0.2, 0.25) is 0 Å². The van der Waals surface area contributed by atoms with E-state index in [0.29, 0.717) is 18.1 Å². The maximum absolute atomic E-state index is 12.1. The predicted molar refractivity (Wildman–Crippen MR) is 102 cm³/mol. The number of rotatable bonds is 5. The van der Waals surface area contributed by atoms with Crippen LogP contribution >= 0.6 is 0 Å². The Morgan fingerprint density at radius 3 is 2.54 bits per heavy atom. The van der Waals surface area contributed by atoms with Crippen LogP contribution < -0.4 is 10.6 Å². The zero-order valence-electron chi connectivity index (χ0n) is 15.6. The van der Waals surface area contributed by atoms with E-state index >= 15 is 0 Å². The number of hydrogen-bond donors (Lipinski definition) is 2. The lowest BCUT2D eigenvalue weighted by Crippen LogP contribution is -2.32. The molecule has 138 valence electrons. The molecule has 3 rings (SSSR count). The predicted octanol–water partition coefficient (Wildman–Crippen LogP) is 3.43. The molecule has 1 atom stereocenters. The number of anilines is 2. The minimum Gasteiger partial charge on any atom is -0.376 e. The number of amides is 1. The molecule has 1 aromatic carbocycles. The summed E-state index contributed by atoms with van der Waals surface area (Å²) in [7, 11) is 0. The minimum atomic E-state index is -0.228. The highest BCUT2D eigenvalue weighted by atomic mass is 16.5. The van der Waals surface area contributed by atoms with Gasteiger partial charge >= 0.3 is 0 Å². The average Bonchev–Trinajstić information content (AvgIpc) is 3.13. The summed E-state index contributed by atoms with van der Waals surface area (Å²) in [5.41, 5.74) is 2.63. The molecule has 0 bridgehead atoms. The molecule has 2 heterocycles. The summed E-state index contributed by atoms with van der Waals surface area (Å²) in [6.45, 7) is 7.84. The molecule has 1 aliphatic heterocycles. The Labute approximate surface area is 154 Å². The molecule has 1 amide bonds. The Morgan fingerprint density at radius 1 is 1.19 bits per heavy atom. The summed E-state index contributed by atoms with van der Waals surface area (Å²) in [5.74, 6) is 0.373. The number of ether oxygens (including phenoxy) is 1. The van der Waals surface area contributed by atoms with Crippen LogP contribution in [-0.4, -0.2) is 35.1 Å². The van der Waals surface area contributed by atoms with Crippen molar-refractivity contribution >= 4 is 17.4 Å². The van der Waals surface area contributed by atoms with E-state index in [1.54, 1.807) is 6.20 Å². The van der Waals surface area contributed by atoms with Gasteiger partial charge in [-0.3, -0.25) is 4.79 Å². The van der Waals surface area contributed by atoms with Crippen molar-refractivity contribution in [3.63, 3.8) is 0 Å². The Bertz CT molecular complexity index is 730. The fourth-order valence-electron chi connectivity index (χ4n) is 2.81. The molecule has 2 N–H and O–H groups in total. The van der Waals surface area contributed by atoms with Gasteiger partial charge in [-0.15, -0.1) is 0 Å². The van der Waals surface area contributed by atoms with Gasteiger partial charge in [-0.25, -0.2) is 9.97 Å². The molecule has 6 nitrogen and oxygen atoms in total. The van der Waals surface area contributed by atoms with Crippen molar-refractivity contribution in [2.24, 2.45) is 0 Å². The van der Waals surface area contributed by atoms with Crippen LogP contribution in [0, 0.1) is 0 Å². The fourth-order valence-corrected chi connectivity index (χ4v) is 2.81. The SMILES string of the molecule is CC(C)(C)c1ccc(Nc2cnc(C(=O)NCC3CCCO3)cn2)cc1. The second-order valence-electron chi connectivity index (χ2n) is 7.58. The molecule has 26 heavy (non-hydrogen) atoms. The van der Waals surface area contributed by atoms with Crippen molar-refractivity contribution in [1.29, 1.82) is 0 Å². The van der Waals surface area contributed by atoms with Crippen molar-refractivity contribution in [2.75, 3.05) is 18.5 Å². The lowest BCUT2D eigenvalue weighted by Gasteiger charge is -2.19. The van der Waals surface area contributed by atoms with Crippen molar-refractivity contribution in [1.82, 2.24) is 15.3 Å². The molecule has 0 saturated carbocycles. The first-order valence-electron chi connectivity index (χ1n) is 9.01. The quantitative estimate of drug-likeness (QED) is 0.860. The van der Waals surface area contributed by atoms with E-state index < -0.39 is 0 Å². The smallest absolute Gasteiger partial charge is 0.271 e. The summed E-state index contributed by atoms with van der Waals surface area (Å²) < 4.78 is 5.49. The lowest BCUT2D eigenvalue weighted by atomic mass is 9.87. The van der Waals surface area contributed by atoms with Gasteiger partial charge in [-0.05, 0) is 36.0 Å².